The number of hydrogen-bond donors (Lipinski definition) is 1. The molecule has 3 heteroatoms. The van der Waals surface area contributed by atoms with Gasteiger partial charge in [-0.25, -0.2) is 0 Å². The minimum atomic E-state index is 0.579. The largest absolute Gasteiger partial charge is 0.398 e. The predicted octanol–water partition coefficient (Wildman–Crippen LogP) is 4.93. The lowest BCUT2D eigenvalue weighted by Crippen LogP contribution is -2.24. The summed E-state index contributed by atoms with van der Waals surface area (Å²) >= 11 is 2.48. The van der Waals surface area contributed by atoms with Crippen molar-refractivity contribution >= 4 is 39.2 Å². The summed E-state index contributed by atoms with van der Waals surface area (Å²) in [4.78, 5) is 4.98. The molecule has 0 saturated carbocycles. The van der Waals surface area contributed by atoms with Gasteiger partial charge in [-0.15, -0.1) is 0 Å². The summed E-state index contributed by atoms with van der Waals surface area (Å²) in [6.45, 7) is 2.12. The number of nitrogen functional groups attached to an aromatic ring is 1. The van der Waals surface area contributed by atoms with E-state index in [4.69, 9.17) is 10.7 Å². The van der Waals surface area contributed by atoms with Crippen LogP contribution in [0.5, 0.6) is 0 Å². The standard InChI is InChI=1S/C19H21IN2/c1-11-2-3-15-16(6-11)22-17-10-13-7-12(4-5-20)8-14(9-13)18(17)19(15)21/h2-3,6-7,13-14H,4-5,8-10H2,1H3,(H2,21,22). The number of rotatable bonds is 2. The number of fused-ring (bicyclic) bond motifs is 5. The third-order valence-electron chi connectivity index (χ3n) is 5.15. The highest BCUT2D eigenvalue weighted by Gasteiger charge is 2.33. The van der Waals surface area contributed by atoms with Crippen LogP contribution in [0.25, 0.3) is 10.9 Å². The van der Waals surface area contributed by atoms with Gasteiger partial charge < -0.3 is 5.73 Å². The molecule has 0 amide bonds. The molecule has 1 heterocycles. The Morgan fingerprint density at radius 2 is 2.18 bits per heavy atom. The van der Waals surface area contributed by atoms with Crippen LogP contribution in [0.2, 0.25) is 0 Å². The first-order chi connectivity index (χ1) is 10.7. The number of allylic oxidation sites excluding steroid dienone is 2. The van der Waals surface area contributed by atoms with Crippen LogP contribution in [0.3, 0.4) is 0 Å². The first kappa shape index (κ1) is 14.5. The highest BCUT2D eigenvalue weighted by molar-refractivity contribution is 14.1. The van der Waals surface area contributed by atoms with Crippen LogP contribution >= 0.6 is 22.6 Å². The zero-order valence-corrected chi connectivity index (χ0v) is 15.1. The Hall–Kier alpha value is -1.10. The molecule has 2 nitrogen and oxygen atoms in total. The molecule has 1 aromatic heterocycles. The van der Waals surface area contributed by atoms with Crippen LogP contribution in [-0.2, 0) is 6.42 Å². The van der Waals surface area contributed by atoms with Gasteiger partial charge in [0.2, 0.25) is 0 Å². The second-order valence-electron chi connectivity index (χ2n) is 6.77. The second-order valence-corrected chi connectivity index (χ2v) is 7.85. The van der Waals surface area contributed by atoms with Crippen LogP contribution in [0.4, 0.5) is 5.69 Å². The van der Waals surface area contributed by atoms with Crippen molar-refractivity contribution < 1.29 is 0 Å². The van der Waals surface area contributed by atoms with Gasteiger partial charge >= 0.3 is 0 Å². The molecule has 22 heavy (non-hydrogen) atoms. The van der Waals surface area contributed by atoms with E-state index in [9.17, 15) is 0 Å². The van der Waals surface area contributed by atoms with E-state index >= 15 is 0 Å². The Labute approximate surface area is 145 Å². The Morgan fingerprint density at radius 1 is 1.32 bits per heavy atom. The maximum Gasteiger partial charge on any atom is 0.0728 e. The van der Waals surface area contributed by atoms with E-state index in [-0.39, 0.29) is 0 Å². The van der Waals surface area contributed by atoms with Gasteiger partial charge in [0.15, 0.2) is 0 Å². The SMILES string of the molecule is Cc1ccc2c(N)c3c(nc2c1)CC1C=C(CCI)CC3C1. The second kappa shape index (κ2) is 5.52. The number of aryl methyl sites for hydroxylation is 1. The van der Waals surface area contributed by atoms with Gasteiger partial charge in [0.05, 0.1) is 5.52 Å². The molecular weight excluding hydrogens is 383 g/mol. The number of halogens is 1. The van der Waals surface area contributed by atoms with Gasteiger partial charge in [-0.2, -0.15) is 0 Å². The number of nitrogens with zero attached hydrogens (tertiary/aromatic N) is 1. The van der Waals surface area contributed by atoms with Crippen LogP contribution in [-0.4, -0.2) is 9.41 Å². The van der Waals surface area contributed by atoms with E-state index in [1.54, 1.807) is 5.57 Å². The molecule has 0 fully saturated rings. The minimum absolute atomic E-state index is 0.579. The summed E-state index contributed by atoms with van der Waals surface area (Å²) in [5.41, 5.74) is 14.1. The molecule has 4 rings (SSSR count). The Bertz CT molecular complexity index is 779. The smallest absolute Gasteiger partial charge is 0.0728 e. The van der Waals surface area contributed by atoms with Gasteiger partial charge in [-0.3, -0.25) is 4.98 Å². The molecule has 114 valence electrons. The van der Waals surface area contributed by atoms with E-state index < -0.39 is 0 Å². The lowest BCUT2D eigenvalue weighted by molar-refractivity contribution is 0.429. The zero-order chi connectivity index (χ0) is 15.3. The van der Waals surface area contributed by atoms with Crippen molar-refractivity contribution in [3.63, 3.8) is 0 Å². The Kier molecular flexibility index (Phi) is 3.63. The van der Waals surface area contributed by atoms with Crippen LogP contribution in [0.1, 0.15) is 42.0 Å². The molecule has 0 spiro atoms. The van der Waals surface area contributed by atoms with E-state index in [1.807, 2.05) is 0 Å². The van der Waals surface area contributed by atoms with E-state index in [0.29, 0.717) is 11.8 Å². The summed E-state index contributed by atoms with van der Waals surface area (Å²) in [6.07, 6.45) is 7.24. The third kappa shape index (κ3) is 2.34. The van der Waals surface area contributed by atoms with Crippen molar-refractivity contribution in [2.24, 2.45) is 5.92 Å². The maximum atomic E-state index is 6.58. The number of hydrogen-bond acceptors (Lipinski definition) is 2. The summed E-state index contributed by atoms with van der Waals surface area (Å²) in [5, 5.41) is 1.13. The lowest BCUT2D eigenvalue weighted by Gasteiger charge is -2.36. The monoisotopic (exact) mass is 404 g/mol. The zero-order valence-electron chi connectivity index (χ0n) is 12.9. The van der Waals surface area contributed by atoms with E-state index in [1.165, 1.54) is 40.5 Å². The van der Waals surface area contributed by atoms with Crippen LogP contribution < -0.4 is 5.73 Å². The summed E-state index contributed by atoms with van der Waals surface area (Å²) in [7, 11) is 0. The average molecular weight is 404 g/mol. The number of pyridine rings is 1. The van der Waals surface area contributed by atoms with Crippen molar-refractivity contribution in [1.29, 1.82) is 0 Å². The topological polar surface area (TPSA) is 38.9 Å². The maximum absolute atomic E-state index is 6.58. The predicted molar refractivity (Wildman–Crippen MR) is 102 cm³/mol. The number of benzene rings is 1. The minimum Gasteiger partial charge on any atom is -0.398 e. The molecule has 0 saturated heterocycles. The van der Waals surface area contributed by atoms with Crippen molar-refractivity contribution in [3.05, 3.63) is 46.7 Å². The van der Waals surface area contributed by atoms with Crippen molar-refractivity contribution in [2.75, 3.05) is 10.2 Å². The third-order valence-corrected chi connectivity index (χ3v) is 5.69. The van der Waals surface area contributed by atoms with E-state index in [2.05, 4.69) is 53.8 Å². The van der Waals surface area contributed by atoms with Crippen molar-refractivity contribution in [2.45, 2.75) is 38.5 Å². The summed E-state index contributed by atoms with van der Waals surface area (Å²) in [5.74, 6) is 1.24. The van der Waals surface area contributed by atoms with Crippen molar-refractivity contribution in [3.8, 4) is 0 Å². The average Bonchev–Trinajstić information content (AvgIpc) is 2.46. The first-order valence-electron chi connectivity index (χ1n) is 8.10. The fraction of sp³-hybridized carbons (Fsp3) is 0.421. The van der Waals surface area contributed by atoms with Gasteiger partial charge in [0, 0.05) is 26.8 Å². The summed E-state index contributed by atoms with van der Waals surface area (Å²) < 4.78 is 1.21. The molecule has 1 aromatic carbocycles. The highest BCUT2D eigenvalue weighted by Crippen LogP contribution is 2.47. The lowest BCUT2D eigenvalue weighted by atomic mass is 9.70. The van der Waals surface area contributed by atoms with E-state index in [0.717, 1.165) is 23.0 Å². The molecule has 0 radical (unpaired) electrons. The normalized spacial score (nSPS) is 23.3. The van der Waals surface area contributed by atoms with Crippen LogP contribution in [0, 0.1) is 12.8 Å². The molecule has 2 N–H and O–H groups in total. The van der Waals surface area contributed by atoms with Crippen molar-refractivity contribution in [1.82, 2.24) is 4.98 Å². The molecule has 2 bridgehead atoms. The quantitative estimate of drug-likeness (QED) is 0.438. The molecule has 2 aromatic rings. The molecule has 2 unspecified atom stereocenters. The van der Waals surface area contributed by atoms with Crippen LogP contribution in [0.15, 0.2) is 29.8 Å². The number of anilines is 1. The fourth-order valence-corrected chi connectivity index (χ4v) is 4.92. The Balaban J connectivity index is 1.85. The molecule has 0 aliphatic heterocycles. The van der Waals surface area contributed by atoms with Gasteiger partial charge in [0.1, 0.15) is 0 Å². The molecule has 2 atom stereocenters. The van der Waals surface area contributed by atoms with Gasteiger partial charge in [-0.1, -0.05) is 46.4 Å². The summed E-state index contributed by atoms with van der Waals surface area (Å²) in [6, 6.07) is 6.44. The fourth-order valence-electron chi connectivity index (χ4n) is 4.23. The highest BCUT2D eigenvalue weighted by atomic mass is 127. The number of alkyl halides is 1. The van der Waals surface area contributed by atoms with Gasteiger partial charge in [0.25, 0.3) is 0 Å². The Morgan fingerprint density at radius 3 is 3.00 bits per heavy atom. The number of aromatic nitrogens is 1. The molecular formula is C19H21IN2. The number of nitrogens with two attached hydrogens (primary N) is 1. The first-order valence-corrected chi connectivity index (χ1v) is 9.62. The molecule has 2 aliphatic carbocycles. The molecule has 2 aliphatic rings. The van der Waals surface area contributed by atoms with Gasteiger partial charge in [-0.05, 0) is 56.1 Å².